The van der Waals surface area contributed by atoms with Crippen LogP contribution in [-0.4, -0.2) is 43.0 Å². The van der Waals surface area contributed by atoms with Crippen LogP contribution in [0.2, 0.25) is 0 Å². The highest BCUT2D eigenvalue weighted by Crippen LogP contribution is 2.19. The molecule has 0 unspecified atom stereocenters. The molecule has 3 aromatic rings. The summed E-state index contributed by atoms with van der Waals surface area (Å²) in [6, 6.07) is 19.1. The van der Waals surface area contributed by atoms with Crippen LogP contribution in [0.25, 0.3) is 0 Å². The molecule has 2 aromatic carbocycles. The van der Waals surface area contributed by atoms with Crippen LogP contribution in [0.15, 0.2) is 70.3 Å². The summed E-state index contributed by atoms with van der Waals surface area (Å²) in [5, 5.41) is 0. The van der Waals surface area contributed by atoms with Crippen LogP contribution in [-0.2, 0) is 11.3 Å². The summed E-state index contributed by atoms with van der Waals surface area (Å²) in [6.45, 7) is 2.44. The van der Waals surface area contributed by atoms with E-state index in [9.17, 15) is 9.59 Å². The Balaban J connectivity index is 1.80. The number of para-hydroxylation sites is 1. The van der Waals surface area contributed by atoms with Crippen molar-refractivity contribution < 1.29 is 9.47 Å². The Hall–Kier alpha value is -3.52. The van der Waals surface area contributed by atoms with E-state index >= 15 is 0 Å². The molecule has 0 aliphatic heterocycles. The van der Waals surface area contributed by atoms with Crippen molar-refractivity contribution in [2.45, 2.75) is 19.4 Å². The summed E-state index contributed by atoms with van der Waals surface area (Å²) in [7, 11) is 1.64. The van der Waals surface area contributed by atoms with E-state index in [1.165, 1.54) is 4.57 Å². The maximum Gasteiger partial charge on any atom is 0.330 e. The smallest absolute Gasteiger partial charge is 0.330 e. The molecule has 8 nitrogen and oxygen atoms in total. The maximum atomic E-state index is 12.7. The number of aromatic nitrogens is 2. The molecule has 32 heavy (non-hydrogen) atoms. The van der Waals surface area contributed by atoms with Crippen LogP contribution < -0.4 is 26.6 Å². The van der Waals surface area contributed by atoms with E-state index in [4.69, 9.17) is 15.2 Å². The zero-order valence-corrected chi connectivity index (χ0v) is 18.3. The molecule has 0 fully saturated rings. The molecule has 3 rings (SSSR count). The fraction of sp³-hybridized carbons (Fsp3) is 0.333. The van der Waals surface area contributed by atoms with E-state index in [0.29, 0.717) is 44.8 Å². The molecule has 0 saturated heterocycles. The topological polar surface area (TPSA) is 103 Å². The molecule has 1 heterocycles. The fourth-order valence-electron chi connectivity index (χ4n) is 3.50. The Labute approximate surface area is 187 Å². The number of H-pyrrole nitrogens is 1. The monoisotopic (exact) mass is 438 g/mol. The SMILES string of the molecule is COCCCN(CCCOc1ccccc1)c1c(N)n(Cc2ccccc2)c(=O)[nH]c1=O. The molecule has 170 valence electrons. The molecule has 1 aromatic heterocycles. The number of anilines is 2. The number of methoxy groups -OCH3 is 1. The highest BCUT2D eigenvalue weighted by atomic mass is 16.5. The second-order valence-corrected chi connectivity index (χ2v) is 7.41. The first-order chi connectivity index (χ1) is 15.6. The lowest BCUT2D eigenvalue weighted by molar-refractivity contribution is 0.196. The minimum atomic E-state index is -0.524. The van der Waals surface area contributed by atoms with Gasteiger partial charge in [0.25, 0.3) is 5.56 Å². The van der Waals surface area contributed by atoms with Crippen molar-refractivity contribution in [1.82, 2.24) is 9.55 Å². The number of aromatic amines is 1. The van der Waals surface area contributed by atoms with E-state index < -0.39 is 11.2 Å². The number of nitrogens with two attached hydrogens (primary N) is 1. The molecule has 0 radical (unpaired) electrons. The molecule has 0 amide bonds. The Morgan fingerprint density at radius 1 is 0.938 bits per heavy atom. The predicted molar refractivity (Wildman–Crippen MR) is 127 cm³/mol. The first-order valence-electron chi connectivity index (χ1n) is 10.7. The minimum Gasteiger partial charge on any atom is -0.494 e. The van der Waals surface area contributed by atoms with Gasteiger partial charge in [0.05, 0.1) is 13.2 Å². The Morgan fingerprint density at radius 3 is 2.22 bits per heavy atom. The average molecular weight is 439 g/mol. The molecular formula is C24H30N4O4. The predicted octanol–water partition coefficient (Wildman–Crippen LogP) is 2.48. The average Bonchev–Trinajstić information content (AvgIpc) is 2.80. The second-order valence-electron chi connectivity index (χ2n) is 7.41. The molecule has 0 aliphatic rings. The lowest BCUT2D eigenvalue weighted by Crippen LogP contribution is -2.39. The van der Waals surface area contributed by atoms with Gasteiger partial charge in [-0.25, -0.2) is 4.79 Å². The van der Waals surface area contributed by atoms with Crippen molar-refractivity contribution >= 4 is 11.5 Å². The second kappa shape index (κ2) is 11.8. The van der Waals surface area contributed by atoms with Crippen molar-refractivity contribution in [3.63, 3.8) is 0 Å². The number of nitrogens with zero attached hydrogens (tertiary/aromatic N) is 2. The van der Waals surface area contributed by atoms with E-state index in [2.05, 4.69) is 4.98 Å². The van der Waals surface area contributed by atoms with E-state index in [1.807, 2.05) is 65.6 Å². The van der Waals surface area contributed by atoms with Gasteiger partial charge in [-0.05, 0) is 30.5 Å². The first kappa shape index (κ1) is 23.1. The molecular weight excluding hydrogens is 408 g/mol. The van der Waals surface area contributed by atoms with Crippen molar-refractivity contribution in [2.24, 2.45) is 0 Å². The van der Waals surface area contributed by atoms with Crippen molar-refractivity contribution in [2.75, 3.05) is 44.0 Å². The zero-order valence-electron chi connectivity index (χ0n) is 18.3. The van der Waals surface area contributed by atoms with Crippen LogP contribution in [0.5, 0.6) is 5.75 Å². The number of ether oxygens (including phenoxy) is 2. The largest absolute Gasteiger partial charge is 0.494 e. The van der Waals surface area contributed by atoms with Crippen LogP contribution in [0.3, 0.4) is 0 Å². The van der Waals surface area contributed by atoms with Crippen molar-refractivity contribution in [3.05, 3.63) is 87.1 Å². The normalized spacial score (nSPS) is 10.8. The highest BCUT2D eigenvalue weighted by molar-refractivity contribution is 5.62. The lowest BCUT2D eigenvalue weighted by Gasteiger charge is -2.26. The highest BCUT2D eigenvalue weighted by Gasteiger charge is 2.19. The van der Waals surface area contributed by atoms with Gasteiger partial charge < -0.3 is 20.1 Å². The van der Waals surface area contributed by atoms with Gasteiger partial charge in [0, 0.05) is 26.8 Å². The number of rotatable bonds is 12. The Bertz CT molecular complexity index is 1080. The minimum absolute atomic E-state index is 0.156. The number of hydrogen-bond acceptors (Lipinski definition) is 6. The van der Waals surface area contributed by atoms with E-state index in [0.717, 1.165) is 11.3 Å². The number of nitrogens with one attached hydrogen (secondary N) is 1. The molecule has 0 bridgehead atoms. The summed E-state index contributed by atoms with van der Waals surface area (Å²) in [5.74, 6) is 0.955. The van der Waals surface area contributed by atoms with Crippen LogP contribution in [0.1, 0.15) is 18.4 Å². The number of benzene rings is 2. The fourth-order valence-corrected chi connectivity index (χ4v) is 3.50. The standard InChI is InChI=1S/C24H30N4O4/c1-31-16-8-14-27(15-9-17-32-20-12-6-3-7-13-20)21-22(25)28(24(30)26-23(21)29)18-19-10-4-2-5-11-19/h2-7,10-13H,8-9,14-18,25H2,1H3,(H,26,29,30). The summed E-state index contributed by atoms with van der Waals surface area (Å²) in [4.78, 5) is 29.6. The van der Waals surface area contributed by atoms with Gasteiger partial charge in [-0.15, -0.1) is 0 Å². The molecule has 0 atom stereocenters. The van der Waals surface area contributed by atoms with Crippen molar-refractivity contribution in [3.8, 4) is 5.75 Å². The third-order valence-electron chi connectivity index (χ3n) is 5.07. The Morgan fingerprint density at radius 2 is 1.56 bits per heavy atom. The van der Waals surface area contributed by atoms with Crippen LogP contribution in [0.4, 0.5) is 11.5 Å². The van der Waals surface area contributed by atoms with Gasteiger partial charge in [-0.1, -0.05) is 48.5 Å². The van der Waals surface area contributed by atoms with Crippen LogP contribution in [0, 0.1) is 0 Å². The maximum absolute atomic E-state index is 12.7. The quantitative estimate of drug-likeness (QED) is 0.421. The van der Waals surface area contributed by atoms with Gasteiger partial charge in [0.2, 0.25) is 0 Å². The lowest BCUT2D eigenvalue weighted by atomic mass is 10.2. The summed E-state index contributed by atoms with van der Waals surface area (Å²) >= 11 is 0. The number of nitrogen functional groups attached to an aromatic ring is 1. The summed E-state index contributed by atoms with van der Waals surface area (Å²) in [5.41, 5.74) is 6.58. The van der Waals surface area contributed by atoms with Gasteiger partial charge >= 0.3 is 5.69 Å². The van der Waals surface area contributed by atoms with Gasteiger partial charge in [0.1, 0.15) is 17.3 Å². The number of hydrogen-bond donors (Lipinski definition) is 2. The van der Waals surface area contributed by atoms with Crippen LogP contribution >= 0.6 is 0 Å². The van der Waals surface area contributed by atoms with Gasteiger partial charge in [-0.2, -0.15) is 0 Å². The molecule has 8 heteroatoms. The summed E-state index contributed by atoms with van der Waals surface area (Å²) in [6.07, 6.45) is 1.39. The third kappa shape index (κ3) is 6.24. The first-order valence-corrected chi connectivity index (χ1v) is 10.7. The van der Waals surface area contributed by atoms with E-state index in [-0.39, 0.29) is 12.4 Å². The van der Waals surface area contributed by atoms with Gasteiger partial charge in [0.15, 0.2) is 0 Å². The molecule has 0 saturated carbocycles. The third-order valence-corrected chi connectivity index (χ3v) is 5.07. The van der Waals surface area contributed by atoms with Gasteiger partial charge in [-0.3, -0.25) is 14.3 Å². The molecule has 3 N–H and O–H groups in total. The Kier molecular flexibility index (Phi) is 8.51. The van der Waals surface area contributed by atoms with Crippen molar-refractivity contribution in [1.29, 1.82) is 0 Å². The van der Waals surface area contributed by atoms with E-state index in [1.54, 1.807) is 7.11 Å². The molecule has 0 spiro atoms. The summed E-state index contributed by atoms with van der Waals surface area (Å²) < 4.78 is 12.3. The molecule has 0 aliphatic carbocycles. The zero-order chi connectivity index (χ0) is 22.8.